The molecule has 2 nitrogen and oxygen atoms in total. The molecule has 0 aromatic carbocycles. The number of likely N-dealkylation sites (N-methyl/N-ethyl adjacent to an activating group) is 1. The van der Waals surface area contributed by atoms with Crippen LogP contribution in [-0.4, -0.2) is 20.1 Å². The first-order chi connectivity index (χ1) is 7.65. The van der Waals surface area contributed by atoms with Gasteiger partial charge in [-0.05, 0) is 33.2 Å². The number of hydrogen-bond acceptors (Lipinski definition) is 2. The second kappa shape index (κ2) is 9.22. The summed E-state index contributed by atoms with van der Waals surface area (Å²) in [5, 5.41) is 6.45. The van der Waals surface area contributed by atoms with Gasteiger partial charge in [0.15, 0.2) is 0 Å². The van der Waals surface area contributed by atoms with Crippen LogP contribution in [0.25, 0.3) is 0 Å². The summed E-state index contributed by atoms with van der Waals surface area (Å²) in [7, 11) is 1.96. The summed E-state index contributed by atoms with van der Waals surface area (Å²) >= 11 is 0. The molecule has 16 heavy (non-hydrogen) atoms. The SMILES string of the molecule is C=C(NCCNC)C(C)CC(/C=C\C)=C/C. The van der Waals surface area contributed by atoms with Gasteiger partial charge in [0.2, 0.25) is 0 Å². The van der Waals surface area contributed by atoms with E-state index in [1.807, 2.05) is 14.0 Å². The van der Waals surface area contributed by atoms with Crippen LogP contribution >= 0.6 is 0 Å². The Morgan fingerprint density at radius 1 is 1.31 bits per heavy atom. The number of nitrogens with one attached hydrogen (secondary N) is 2. The maximum atomic E-state index is 4.08. The second-order valence-electron chi connectivity index (χ2n) is 4.02. The number of rotatable bonds is 8. The van der Waals surface area contributed by atoms with Crippen molar-refractivity contribution in [2.24, 2.45) is 5.92 Å². The monoisotopic (exact) mass is 222 g/mol. The van der Waals surface area contributed by atoms with Crippen molar-refractivity contribution in [3.05, 3.63) is 36.1 Å². The van der Waals surface area contributed by atoms with Crippen LogP contribution in [0.4, 0.5) is 0 Å². The second-order valence-corrected chi connectivity index (χ2v) is 4.02. The van der Waals surface area contributed by atoms with Gasteiger partial charge in [-0.25, -0.2) is 0 Å². The largest absolute Gasteiger partial charge is 0.387 e. The van der Waals surface area contributed by atoms with Crippen molar-refractivity contribution in [3.8, 4) is 0 Å². The van der Waals surface area contributed by atoms with Crippen LogP contribution in [-0.2, 0) is 0 Å². The highest BCUT2D eigenvalue weighted by Crippen LogP contribution is 2.17. The van der Waals surface area contributed by atoms with Crippen molar-refractivity contribution in [2.75, 3.05) is 20.1 Å². The minimum absolute atomic E-state index is 0.472. The van der Waals surface area contributed by atoms with Crippen LogP contribution in [0.2, 0.25) is 0 Å². The Morgan fingerprint density at radius 2 is 2.00 bits per heavy atom. The van der Waals surface area contributed by atoms with Crippen LogP contribution < -0.4 is 10.6 Å². The maximum Gasteiger partial charge on any atom is 0.0269 e. The lowest BCUT2D eigenvalue weighted by molar-refractivity contribution is 0.596. The van der Waals surface area contributed by atoms with Gasteiger partial charge in [-0.1, -0.05) is 37.3 Å². The smallest absolute Gasteiger partial charge is 0.0269 e. The van der Waals surface area contributed by atoms with E-state index in [9.17, 15) is 0 Å². The van der Waals surface area contributed by atoms with E-state index in [1.54, 1.807) is 0 Å². The van der Waals surface area contributed by atoms with Gasteiger partial charge >= 0.3 is 0 Å². The van der Waals surface area contributed by atoms with E-state index in [-0.39, 0.29) is 0 Å². The van der Waals surface area contributed by atoms with Gasteiger partial charge < -0.3 is 10.6 Å². The molecule has 0 amide bonds. The van der Waals surface area contributed by atoms with Gasteiger partial charge in [-0.3, -0.25) is 0 Å². The van der Waals surface area contributed by atoms with Crippen molar-refractivity contribution >= 4 is 0 Å². The zero-order valence-electron chi connectivity index (χ0n) is 11.1. The summed E-state index contributed by atoms with van der Waals surface area (Å²) in [6.07, 6.45) is 7.46. The zero-order valence-corrected chi connectivity index (χ0v) is 11.1. The van der Waals surface area contributed by atoms with E-state index >= 15 is 0 Å². The van der Waals surface area contributed by atoms with Gasteiger partial charge in [0.25, 0.3) is 0 Å². The summed E-state index contributed by atoms with van der Waals surface area (Å²) in [6, 6.07) is 0. The van der Waals surface area contributed by atoms with Gasteiger partial charge in [-0.2, -0.15) is 0 Å². The molecular formula is C14H26N2. The Labute approximate surface area is 101 Å². The molecule has 2 N–H and O–H groups in total. The summed E-state index contributed by atoms with van der Waals surface area (Å²) in [6.45, 7) is 12.3. The fourth-order valence-electron chi connectivity index (χ4n) is 1.50. The van der Waals surface area contributed by atoms with Crippen LogP contribution in [0.15, 0.2) is 36.1 Å². The highest BCUT2D eigenvalue weighted by atomic mass is 14.9. The molecule has 2 heteroatoms. The van der Waals surface area contributed by atoms with E-state index in [1.165, 1.54) is 5.57 Å². The fraction of sp³-hybridized carbons (Fsp3) is 0.571. The summed E-state index contributed by atoms with van der Waals surface area (Å²) in [4.78, 5) is 0. The van der Waals surface area contributed by atoms with Crippen molar-refractivity contribution in [3.63, 3.8) is 0 Å². The van der Waals surface area contributed by atoms with Gasteiger partial charge in [0.05, 0.1) is 0 Å². The Morgan fingerprint density at radius 3 is 2.50 bits per heavy atom. The fourth-order valence-corrected chi connectivity index (χ4v) is 1.50. The van der Waals surface area contributed by atoms with E-state index in [2.05, 4.69) is 49.3 Å². The topological polar surface area (TPSA) is 24.1 Å². The molecule has 92 valence electrons. The molecule has 0 aromatic heterocycles. The molecule has 0 bridgehead atoms. The molecule has 0 rings (SSSR count). The lowest BCUT2D eigenvalue weighted by Crippen LogP contribution is -2.26. The Kier molecular flexibility index (Phi) is 8.64. The highest BCUT2D eigenvalue weighted by molar-refractivity contribution is 5.19. The first-order valence-corrected chi connectivity index (χ1v) is 6.00. The molecule has 0 aliphatic heterocycles. The Balaban J connectivity index is 4.03. The molecule has 0 aliphatic rings. The van der Waals surface area contributed by atoms with Crippen molar-refractivity contribution in [1.82, 2.24) is 10.6 Å². The summed E-state index contributed by atoms with van der Waals surface area (Å²) < 4.78 is 0. The molecular weight excluding hydrogens is 196 g/mol. The first-order valence-electron chi connectivity index (χ1n) is 6.00. The molecule has 0 radical (unpaired) electrons. The van der Waals surface area contributed by atoms with E-state index in [4.69, 9.17) is 0 Å². The molecule has 0 saturated carbocycles. The Hall–Kier alpha value is -1.02. The lowest BCUT2D eigenvalue weighted by atomic mass is 9.98. The zero-order chi connectivity index (χ0) is 12.4. The third-order valence-electron chi connectivity index (χ3n) is 2.62. The first kappa shape index (κ1) is 15.0. The summed E-state index contributed by atoms with van der Waals surface area (Å²) in [5.41, 5.74) is 2.49. The van der Waals surface area contributed by atoms with Crippen LogP contribution in [0.1, 0.15) is 27.2 Å². The molecule has 0 spiro atoms. The van der Waals surface area contributed by atoms with E-state index in [0.717, 1.165) is 25.2 Å². The molecule has 0 aromatic rings. The highest BCUT2D eigenvalue weighted by Gasteiger charge is 2.07. The summed E-state index contributed by atoms with van der Waals surface area (Å²) in [5.74, 6) is 0.472. The molecule has 1 atom stereocenters. The average molecular weight is 222 g/mol. The van der Waals surface area contributed by atoms with Crippen molar-refractivity contribution < 1.29 is 0 Å². The van der Waals surface area contributed by atoms with Gasteiger partial charge in [-0.15, -0.1) is 0 Å². The average Bonchev–Trinajstić information content (AvgIpc) is 2.28. The standard InChI is InChI=1S/C14H26N2/c1-6-8-14(7-2)11-12(3)13(4)16-10-9-15-5/h6-8,12,15-16H,4,9-11H2,1-3,5H3/b8-6-,14-7+. The quantitative estimate of drug-likeness (QED) is 0.487. The van der Waals surface area contributed by atoms with Crippen LogP contribution in [0.3, 0.4) is 0 Å². The number of hydrogen-bond donors (Lipinski definition) is 2. The molecule has 0 heterocycles. The van der Waals surface area contributed by atoms with Gasteiger partial charge in [0.1, 0.15) is 0 Å². The molecule has 0 saturated heterocycles. The minimum atomic E-state index is 0.472. The maximum absolute atomic E-state index is 4.08. The molecule has 1 unspecified atom stereocenters. The Bertz CT molecular complexity index is 251. The molecule has 0 fully saturated rings. The normalized spacial score (nSPS) is 14.1. The third-order valence-corrected chi connectivity index (χ3v) is 2.62. The van der Waals surface area contributed by atoms with Crippen LogP contribution in [0, 0.1) is 5.92 Å². The lowest BCUT2D eigenvalue weighted by Gasteiger charge is -2.17. The van der Waals surface area contributed by atoms with Gasteiger partial charge in [0, 0.05) is 18.8 Å². The predicted octanol–water partition coefficient (Wildman–Crippen LogP) is 2.86. The molecule has 0 aliphatic carbocycles. The van der Waals surface area contributed by atoms with E-state index in [0.29, 0.717) is 5.92 Å². The van der Waals surface area contributed by atoms with E-state index < -0.39 is 0 Å². The third kappa shape index (κ3) is 6.46. The number of allylic oxidation sites excluding steroid dienone is 5. The predicted molar refractivity (Wildman–Crippen MR) is 73.4 cm³/mol. The van der Waals surface area contributed by atoms with Crippen molar-refractivity contribution in [2.45, 2.75) is 27.2 Å². The van der Waals surface area contributed by atoms with Crippen LogP contribution in [0.5, 0.6) is 0 Å². The van der Waals surface area contributed by atoms with Crippen molar-refractivity contribution in [1.29, 1.82) is 0 Å². The minimum Gasteiger partial charge on any atom is -0.387 e.